The number of para-hydroxylation sites is 1. The minimum Gasteiger partial charge on any atom is -0.450 e. The van der Waals surface area contributed by atoms with Gasteiger partial charge in [-0.25, -0.2) is 4.79 Å². The van der Waals surface area contributed by atoms with E-state index >= 15 is 0 Å². The van der Waals surface area contributed by atoms with Gasteiger partial charge < -0.3 is 19.9 Å². The Kier molecular flexibility index (Phi) is 4.00. The monoisotopic (exact) mass is 301 g/mol. The lowest BCUT2D eigenvalue weighted by atomic mass is 10.1. The number of nitrogens with zero attached hydrogens (tertiary/aromatic N) is 2. The van der Waals surface area contributed by atoms with Gasteiger partial charge in [0.05, 0.1) is 12.2 Å². The second-order valence-corrected chi connectivity index (χ2v) is 5.26. The molecule has 2 aliphatic heterocycles. The highest BCUT2D eigenvalue weighted by Gasteiger charge is 2.26. The predicted molar refractivity (Wildman–Crippen MR) is 83.2 cm³/mol. The minimum absolute atomic E-state index is 0.0750. The third kappa shape index (κ3) is 2.77. The molecule has 1 aromatic carbocycles. The summed E-state index contributed by atoms with van der Waals surface area (Å²) in [5, 5.41) is 2.86. The van der Waals surface area contributed by atoms with E-state index in [-0.39, 0.29) is 12.0 Å². The van der Waals surface area contributed by atoms with Crippen LogP contribution in [0.15, 0.2) is 30.5 Å². The van der Waals surface area contributed by atoms with E-state index in [2.05, 4.69) is 10.2 Å². The van der Waals surface area contributed by atoms with Crippen molar-refractivity contribution in [2.45, 2.75) is 6.92 Å². The molecule has 0 unspecified atom stereocenters. The highest BCUT2D eigenvalue weighted by Crippen LogP contribution is 2.31. The number of hydrogen-bond acceptors (Lipinski definition) is 4. The number of fused-ring (bicyclic) bond motifs is 1. The Balaban J connectivity index is 1.68. The normalized spacial score (nSPS) is 19.1. The van der Waals surface area contributed by atoms with Gasteiger partial charge in [0.2, 0.25) is 0 Å². The lowest BCUT2D eigenvalue weighted by Crippen LogP contribution is -2.47. The van der Waals surface area contributed by atoms with Crippen LogP contribution in [0.3, 0.4) is 0 Å². The van der Waals surface area contributed by atoms with Crippen molar-refractivity contribution in [3.8, 4) is 0 Å². The summed E-state index contributed by atoms with van der Waals surface area (Å²) >= 11 is 0. The summed E-state index contributed by atoms with van der Waals surface area (Å²) in [6, 6.07) is 7.66. The molecule has 0 aliphatic carbocycles. The van der Waals surface area contributed by atoms with Crippen LogP contribution in [-0.4, -0.2) is 54.6 Å². The average Bonchev–Trinajstić information content (AvgIpc) is 2.84. The van der Waals surface area contributed by atoms with Gasteiger partial charge in [-0.3, -0.25) is 4.79 Å². The fourth-order valence-electron chi connectivity index (χ4n) is 2.70. The molecule has 0 aromatic heterocycles. The summed E-state index contributed by atoms with van der Waals surface area (Å²) in [5.74, 6) is -0.0750. The zero-order valence-corrected chi connectivity index (χ0v) is 12.5. The van der Waals surface area contributed by atoms with Crippen LogP contribution in [0.4, 0.5) is 10.5 Å². The number of piperazine rings is 1. The molecule has 1 saturated heterocycles. The largest absolute Gasteiger partial charge is 0.450 e. The molecule has 0 saturated carbocycles. The van der Waals surface area contributed by atoms with Crippen LogP contribution >= 0.6 is 0 Å². The van der Waals surface area contributed by atoms with E-state index in [0.29, 0.717) is 38.4 Å². The van der Waals surface area contributed by atoms with Crippen LogP contribution in [0.1, 0.15) is 12.5 Å². The molecular formula is C16H19N3O3. The number of nitrogens with one attached hydrogen (secondary N) is 1. The van der Waals surface area contributed by atoms with Crippen LogP contribution in [-0.2, 0) is 9.53 Å². The van der Waals surface area contributed by atoms with E-state index in [0.717, 1.165) is 11.3 Å². The third-order valence-corrected chi connectivity index (χ3v) is 3.86. The number of ether oxygens (including phenoxy) is 1. The zero-order chi connectivity index (χ0) is 15.5. The van der Waals surface area contributed by atoms with Crippen LogP contribution in [0.2, 0.25) is 0 Å². The molecule has 1 aromatic rings. The first kappa shape index (κ1) is 14.4. The number of carbonyl (C=O) groups is 2. The fraction of sp³-hybridized carbons (Fsp3) is 0.375. The zero-order valence-electron chi connectivity index (χ0n) is 12.5. The van der Waals surface area contributed by atoms with Crippen molar-refractivity contribution < 1.29 is 14.3 Å². The molecule has 6 heteroatoms. The first-order chi connectivity index (χ1) is 10.7. The second kappa shape index (κ2) is 6.09. The Bertz CT molecular complexity index is 619. The van der Waals surface area contributed by atoms with E-state index in [1.54, 1.807) is 11.8 Å². The predicted octanol–water partition coefficient (Wildman–Crippen LogP) is 1.75. The molecule has 0 radical (unpaired) electrons. The van der Waals surface area contributed by atoms with Gasteiger partial charge in [-0.05, 0) is 13.0 Å². The van der Waals surface area contributed by atoms with Crippen molar-refractivity contribution in [2.24, 2.45) is 0 Å². The summed E-state index contributed by atoms with van der Waals surface area (Å²) in [6.07, 6.45) is 1.63. The SMILES string of the molecule is CCOC(=O)N1CCN(/C=C2/C(=O)Nc3ccccc32)CC1. The average molecular weight is 301 g/mol. The summed E-state index contributed by atoms with van der Waals surface area (Å²) in [5.41, 5.74) is 2.46. The van der Waals surface area contributed by atoms with Gasteiger partial charge in [0.15, 0.2) is 0 Å². The van der Waals surface area contributed by atoms with Gasteiger partial charge in [-0.1, -0.05) is 18.2 Å². The molecule has 0 atom stereocenters. The number of carbonyl (C=O) groups excluding carboxylic acids is 2. The van der Waals surface area contributed by atoms with E-state index in [4.69, 9.17) is 4.74 Å². The first-order valence-electron chi connectivity index (χ1n) is 7.47. The highest BCUT2D eigenvalue weighted by atomic mass is 16.6. The molecule has 6 nitrogen and oxygen atoms in total. The van der Waals surface area contributed by atoms with E-state index in [9.17, 15) is 9.59 Å². The summed E-state index contributed by atoms with van der Waals surface area (Å²) in [4.78, 5) is 27.5. The fourth-order valence-corrected chi connectivity index (χ4v) is 2.70. The quantitative estimate of drug-likeness (QED) is 0.846. The number of benzene rings is 1. The van der Waals surface area contributed by atoms with Gasteiger partial charge in [-0.2, -0.15) is 0 Å². The minimum atomic E-state index is -0.265. The van der Waals surface area contributed by atoms with Crippen molar-refractivity contribution in [2.75, 3.05) is 38.1 Å². The maximum atomic E-state index is 12.1. The molecule has 2 amide bonds. The number of hydrogen-bond donors (Lipinski definition) is 1. The maximum Gasteiger partial charge on any atom is 0.409 e. The Hall–Kier alpha value is -2.50. The third-order valence-electron chi connectivity index (χ3n) is 3.86. The van der Waals surface area contributed by atoms with Crippen molar-refractivity contribution in [3.05, 3.63) is 36.0 Å². The number of rotatable bonds is 2. The summed E-state index contributed by atoms with van der Waals surface area (Å²) in [6.45, 7) is 4.78. The van der Waals surface area contributed by atoms with Gasteiger partial charge >= 0.3 is 6.09 Å². The number of amides is 2. The van der Waals surface area contributed by atoms with Crippen molar-refractivity contribution in [1.82, 2.24) is 9.80 Å². The van der Waals surface area contributed by atoms with Crippen molar-refractivity contribution >= 4 is 23.3 Å². The number of anilines is 1. The van der Waals surface area contributed by atoms with Crippen LogP contribution in [0.25, 0.3) is 5.57 Å². The second-order valence-electron chi connectivity index (χ2n) is 5.26. The van der Waals surface area contributed by atoms with Gasteiger partial charge in [0.25, 0.3) is 5.91 Å². The molecule has 1 fully saturated rings. The van der Waals surface area contributed by atoms with Crippen LogP contribution in [0.5, 0.6) is 0 Å². The first-order valence-corrected chi connectivity index (χ1v) is 7.47. The Morgan fingerprint density at radius 1 is 1.27 bits per heavy atom. The topological polar surface area (TPSA) is 61.9 Å². The molecule has 22 heavy (non-hydrogen) atoms. The Morgan fingerprint density at radius 3 is 2.73 bits per heavy atom. The molecule has 1 N–H and O–H groups in total. The lowest BCUT2D eigenvalue weighted by Gasteiger charge is -2.33. The van der Waals surface area contributed by atoms with Gasteiger partial charge in [-0.15, -0.1) is 0 Å². The Morgan fingerprint density at radius 2 is 2.00 bits per heavy atom. The van der Waals surface area contributed by atoms with Crippen molar-refractivity contribution in [3.63, 3.8) is 0 Å². The smallest absolute Gasteiger partial charge is 0.409 e. The van der Waals surface area contributed by atoms with E-state index in [1.807, 2.05) is 30.5 Å². The molecule has 2 aliphatic rings. The molecular weight excluding hydrogens is 282 g/mol. The summed E-state index contributed by atoms with van der Waals surface area (Å²) < 4.78 is 5.00. The molecule has 116 valence electrons. The van der Waals surface area contributed by atoms with Crippen LogP contribution in [0, 0.1) is 0 Å². The Labute approximate surface area is 129 Å². The highest BCUT2D eigenvalue weighted by molar-refractivity contribution is 6.31. The van der Waals surface area contributed by atoms with Gasteiger partial charge in [0.1, 0.15) is 0 Å². The standard InChI is InChI=1S/C16H19N3O3/c1-2-22-16(21)19-9-7-18(8-10-19)11-13-12-5-3-4-6-14(12)17-15(13)20/h3-6,11H,2,7-10H2,1H3,(H,17,20)/b13-11+. The summed E-state index contributed by atoms with van der Waals surface area (Å²) in [7, 11) is 0. The van der Waals surface area contributed by atoms with Gasteiger partial charge in [0, 0.05) is 43.6 Å². The maximum absolute atomic E-state index is 12.1. The lowest BCUT2D eigenvalue weighted by molar-refractivity contribution is -0.110. The van der Waals surface area contributed by atoms with E-state index in [1.165, 1.54) is 0 Å². The molecule has 3 rings (SSSR count). The van der Waals surface area contributed by atoms with E-state index < -0.39 is 0 Å². The van der Waals surface area contributed by atoms with Crippen LogP contribution < -0.4 is 5.32 Å². The molecule has 0 spiro atoms. The van der Waals surface area contributed by atoms with Crippen molar-refractivity contribution in [1.29, 1.82) is 0 Å². The molecule has 0 bridgehead atoms. The molecule has 2 heterocycles.